The van der Waals surface area contributed by atoms with Crippen LogP contribution in [-0.2, 0) is 6.54 Å². The Hall–Kier alpha value is -2.61. The zero-order valence-corrected chi connectivity index (χ0v) is 14.9. The molecule has 0 aliphatic heterocycles. The van der Waals surface area contributed by atoms with Crippen molar-refractivity contribution in [1.82, 2.24) is 18.9 Å². The van der Waals surface area contributed by atoms with Gasteiger partial charge in [-0.25, -0.2) is 23.1 Å². The van der Waals surface area contributed by atoms with Gasteiger partial charge in [-0.15, -0.1) is 0 Å². The van der Waals surface area contributed by atoms with Crippen molar-refractivity contribution in [3.63, 3.8) is 0 Å². The van der Waals surface area contributed by atoms with Crippen molar-refractivity contribution in [2.75, 3.05) is 0 Å². The van der Waals surface area contributed by atoms with E-state index in [1.807, 2.05) is 4.40 Å². The molecule has 0 aliphatic carbocycles. The summed E-state index contributed by atoms with van der Waals surface area (Å²) < 4.78 is 43.3. The van der Waals surface area contributed by atoms with Crippen molar-refractivity contribution in [3.05, 3.63) is 65.5 Å². The van der Waals surface area contributed by atoms with Gasteiger partial charge in [0.15, 0.2) is 0 Å². The first-order chi connectivity index (χ1) is 12.5. The highest BCUT2D eigenvalue weighted by Gasteiger charge is 2.18. The molecule has 4 nitrogen and oxygen atoms in total. The Kier molecular flexibility index (Phi) is 4.28. The summed E-state index contributed by atoms with van der Waals surface area (Å²) in [5.74, 6) is -0.369. The number of hydrogen-bond acceptors (Lipinski definition) is 2. The summed E-state index contributed by atoms with van der Waals surface area (Å²) >= 11 is 3.41. The molecule has 4 rings (SSSR count). The standard InChI is InChI=1S/C18H12BrF3N4/c19-14-7-23-16-6-3-12(8-26(14)16)18-17(11-1-4-13(20)5-2-11)24-10-25(18)9-15(21)22/h1-8,10,15H,9H2. The minimum atomic E-state index is -2.52. The zero-order valence-electron chi connectivity index (χ0n) is 13.3. The highest BCUT2D eigenvalue weighted by Crippen LogP contribution is 2.32. The van der Waals surface area contributed by atoms with Crippen molar-refractivity contribution < 1.29 is 13.2 Å². The summed E-state index contributed by atoms with van der Waals surface area (Å²) in [5.41, 5.74) is 3.14. The number of benzene rings is 1. The molecule has 1 aromatic carbocycles. The minimum Gasteiger partial charge on any atom is -0.324 e. The molecule has 26 heavy (non-hydrogen) atoms. The molecule has 3 heterocycles. The lowest BCUT2D eigenvalue weighted by Gasteiger charge is -2.11. The number of pyridine rings is 1. The second-order valence-corrected chi connectivity index (χ2v) is 6.53. The van der Waals surface area contributed by atoms with Gasteiger partial charge in [0.25, 0.3) is 6.43 Å². The molecule has 0 fully saturated rings. The van der Waals surface area contributed by atoms with Gasteiger partial charge in [0, 0.05) is 17.3 Å². The number of fused-ring (bicyclic) bond motifs is 1. The van der Waals surface area contributed by atoms with Crippen LogP contribution in [0.2, 0.25) is 0 Å². The van der Waals surface area contributed by atoms with E-state index in [0.29, 0.717) is 22.5 Å². The normalized spacial score (nSPS) is 11.6. The largest absolute Gasteiger partial charge is 0.324 e. The molecule has 0 aliphatic rings. The number of imidazole rings is 2. The van der Waals surface area contributed by atoms with Crippen LogP contribution in [-0.4, -0.2) is 25.4 Å². The van der Waals surface area contributed by atoms with Gasteiger partial charge in [-0.1, -0.05) is 0 Å². The van der Waals surface area contributed by atoms with E-state index in [4.69, 9.17) is 0 Å². The van der Waals surface area contributed by atoms with E-state index in [1.165, 1.54) is 23.0 Å². The molecule has 0 radical (unpaired) electrons. The Morgan fingerprint density at radius 1 is 1.00 bits per heavy atom. The molecule has 0 bridgehead atoms. The molecule has 0 spiro atoms. The van der Waals surface area contributed by atoms with E-state index >= 15 is 0 Å². The first kappa shape index (κ1) is 16.8. The number of alkyl halides is 2. The third kappa shape index (κ3) is 3.01. The maximum absolute atomic E-state index is 13.2. The molecular formula is C18H12BrF3N4. The average molecular weight is 421 g/mol. The monoisotopic (exact) mass is 420 g/mol. The predicted molar refractivity (Wildman–Crippen MR) is 95.5 cm³/mol. The Bertz CT molecular complexity index is 1070. The predicted octanol–water partition coefficient (Wildman–Crippen LogP) is 5.03. The molecular weight excluding hydrogens is 409 g/mol. The van der Waals surface area contributed by atoms with Crippen LogP contribution in [0.25, 0.3) is 28.2 Å². The van der Waals surface area contributed by atoms with Gasteiger partial charge in [-0.3, -0.25) is 4.40 Å². The van der Waals surface area contributed by atoms with Crippen molar-refractivity contribution >= 4 is 21.6 Å². The van der Waals surface area contributed by atoms with E-state index in [0.717, 1.165) is 10.3 Å². The molecule has 0 amide bonds. The quantitative estimate of drug-likeness (QED) is 0.463. The van der Waals surface area contributed by atoms with E-state index in [9.17, 15) is 13.2 Å². The maximum Gasteiger partial charge on any atom is 0.256 e. The molecule has 8 heteroatoms. The summed E-state index contributed by atoms with van der Waals surface area (Å²) in [6, 6.07) is 9.41. The Labute approximate surface area is 155 Å². The van der Waals surface area contributed by atoms with Crippen LogP contribution in [0.4, 0.5) is 13.2 Å². The lowest BCUT2D eigenvalue weighted by Crippen LogP contribution is -2.07. The number of halogens is 4. The van der Waals surface area contributed by atoms with Gasteiger partial charge < -0.3 is 4.57 Å². The van der Waals surface area contributed by atoms with Crippen molar-refractivity contribution in [1.29, 1.82) is 0 Å². The molecule has 0 saturated heterocycles. The van der Waals surface area contributed by atoms with Crippen LogP contribution in [0.3, 0.4) is 0 Å². The second kappa shape index (κ2) is 6.60. The third-order valence-electron chi connectivity index (χ3n) is 4.02. The van der Waals surface area contributed by atoms with Crippen molar-refractivity contribution in [3.8, 4) is 22.5 Å². The Morgan fingerprint density at radius 2 is 1.73 bits per heavy atom. The lowest BCUT2D eigenvalue weighted by atomic mass is 10.1. The molecule has 0 saturated carbocycles. The van der Waals surface area contributed by atoms with Crippen LogP contribution in [0.1, 0.15) is 0 Å². The van der Waals surface area contributed by atoms with Crippen LogP contribution in [0.5, 0.6) is 0 Å². The maximum atomic E-state index is 13.2. The van der Waals surface area contributed by atoms with Gasteiger partial charge in [0.2, 0.25) is 0 Å². The molecule has 0 atom stereocenters. The smallest absolute Gasteiger partial charge is 0.256 e. The highest BCUT2D eigenvalue weighted by molar-refractivity contribution is 9.10. The van der Waals surface area contributed by atoms with E-state index in [1.54, 1.807) is 36.7 Å². The minimum absolute atomic E-state index is 0.369. The van der Waals surface area contributed by atoms with Gasteiger partial charge in [0.05, 0.1) is 30.5 Å². The third-order valence-corrected chi connectivity index (χ3v) is 4.61. The van der Waals surface area contributed by atoms with Crippen LogP contribution < -0.4 is 0 Å². The molecule has 132 valence electrons. The number of rotatable bonds is 4. The summed E-state index contributed by atoms with van der Waals surface area (Å²) in [4.78, 5) is 8.54. The van der Waals surface area contributed by atoms with Crippen molar-refractivity contribution in [2.45, 2.75) is 13.0 Å². The number of nitrogens with zero attached hydrogens (tertiary/aromatic N) is 4. The first-order valence-corrected chi connectivity index (χ1v) is 8.54. The Morgan fingerprint density at radius 3 is 2.46 bits per heavy atom. The first-order valence-electron chi connectivity index (χ1n) is 7.75. The fraction of sp³-hybridized carbons (Fsp3) is 0.111. The highest BCUT2D eigenvalue weighted by atomic mass is 79.9. The number of aromatic nitrogens is 4. The summed E-state index contributed by atoms with van der Waals surface area (Å²) in [6.07, 6.45) is 2.33. The number of hydrogen-bond donors (Lipinski definition) is 0. The van der Waals surface area contributed by atoms with Crippen LogP contribution in [0.15, 0.2) is 59.7 Å². The van der Waals surface area contributed by atoms with Crippen LogP contribution >= 0.6 is 15.9 Å². The molecule has 0 N–H and O–H groups in total. The summed E-state index contributed by atoms with van der Waals surface area (Å²) in [5, 5.41) is 0. The molecule has 0 unspecified atom stereocenters. The van der Waals surface area contributed by atoms with Crippen LogP contribution in [0, 0.1) is 5.82 Å². The zero-order chi connectivity index (χ0) is 18.3. The van der Waals surface area contributed by atoms with E-state index in [2.05, 4.69) is 25.9 Å². The van der Waals surface area contributed by atoms with Gasteiger partial charge in [-0.2, -0.15) is 0 Å². The fourth-order valence-corrected chi connectivity index (χ4v) is 3.27. The topological polar surface area (TPSA) is 35.1 Å². The van der Waals surface area contributed by atoms with Gasteiger partial charge in [0.1, 0.15) is 16.1 Å². The molecule has 4 aromatic rings. The second-order valence-electron chi connectivity index (χ2n) is 5.72. The van der Waals surface area contributed by atoms with E-state index in [-0.39, 0.29) is 5.82 Å². The molecule has 3 aromatic heterocycles. The lowest BCUT2D eigenvalue weighted by molar-refractivity contribution is 0.127. The summed E-state index contributed by atoms with van der Waals surface area (Å²) in [7, 11) is 0. The SMILES string of the molecule is Fc1ccc(-c2ncn(CC(F)F)c2-c2ccc3ncc(Br)n3c2)cc1. The fourth-order valence-electron chi connectivity index (χ4n) is 2.88. The summed E-state index contributed by atoms with van der Waals surface area (Å²) in [6.45, 7) is -0.480. The van der Waals surface area contributed by atoms with Gasteiger partial charge in [-0.05, 0) is 52.3 Å². The van der Waals surface area contributed by atoms with Gasteiger partial charge >= 0.3 is 0 Å². The average Bonchev–Trinajstić information content (AvgIpc) is 3.19. The Balaban J connectivity index is 1.92. The van der Waals surface area contributed by atoms with E-state index < -0.39 is 13.0 Å². The van der Waals surface area contributed by atoms with Crippen molar-refractivity contribution in [2.24, 2.45) is 0 Å².